The Balaban J connectivity index is 2.62. The van der Waals surface area contributed by atoms with Gasteiger partial charge < -0.3 is 5.32 Å². The monoisotopic (exact) mass is 242 g/mol. The van der Waals surface area contributed by atoms with E-state index in [1.165, 1.54) is 0 Å². The lowest BCUT2D eigenvalue weighted by Gasteiger charge is -2.04. The summed E-state index contributed by atoms with van der Waals surface area (Å²) < 4.78 is 12.8. The number of nitrogens with one attached hydrogen (secondary N) is 1. The van der Waals surface area contributed by atoms with Crippen molar-refractivity contribution in [2.45, 2.75) is 13.3 Å². The van der Waals surface area contributed by atoms with Crippen molar-refractivity contribution in [3.63, 3.8) is 0 Å². The van der Waals surface area contributed by atoms with E-state index in [9.17, 15) is 9.18 Å². The molecule has 1 amide bonds. The number of hydrogen-bond acceptors (Lipinski definition) is 2. The van der Waals surface area contributed by atoms with E-state index in [0.717, 1.165) is 18.7 Å². The number of rotatable bonds is 4. The Bertz CT molecular complexity index is 407. The largest absolute Gasteiger partial charge is 0.352 e. The lowest BCUT2D eigenvalue weighted by atomic mass is 10.2. The van der Waals surface area contributed by atoms with E-state index in [0.29, 0.717) is 6.54 Å². The Morgan fingerprint density at radius 2 is 2.44 bits per heavy atom. The zero-order valence-corrected chi connectivity index (χ0v) is 9.59. The summed E-state index contributed by atoms with van der Waals surface area (Å²) in [6.07, 6.45) is 5.51. The van der Waals surface area contributed by atoms with E-state index >= 15 is 0 Å². The SMILES string of the molecule is C/C=C/CCNC(=O)c1cc(F)cnc1Cl. The Hall–Kier alpha value is -1.42. The maximum absolute atomic E-state index is 12.8. The van der Waals surface area contributed by atoms with Crippen LogP contribution in [0.4, 0.5) is 4.39 Å². The number of amides is 1. The zero-order chi connectivity index (χ0) is 12.0. The second-order valence-electron chi connectivity index (χ2n) is 3.11. The molecule has 0 aliphatic heterocycles. The van der Waals surface area contributed by atoms with Gasteiger partial charge in [0.2, 0.25) is 0 Å². The van der Waals surface area contributed by atoms with Gasteiger partial charge in [0.1, 0.15) is 11.0 Å². The topological polar surface area (TPSA) is 42.0 Å². The summed E-state index contributed by atoms with van der Waals surface area (Å²) in [5, 5.41) is 2.63. The van der Waals surface area contributed by atoms with E-state index in [-0.39, 0.29) is 10.7 Å². The molecule has 3 nitrogen and oxygen atoms in total. The van der Waals surface area contributed by atoms with Gasteiger partial charge in [-0.3, -0.25) is 4.79 Å². The Kier molecular flexibility index (Phi) is 4.92. The third kappa shape index (κ3) is 3.62. The normalized spacial score (nSPS) is 10.7. The summed E-state index contributed by atoms with van der Waals surface area (Å²) in [5.74, 6) is -0.996. The number of aromatic nitrogens is 1. The first kappa shape index (κ1) is 12.6. The van der Waals surface area contributed by atoms with Gasteiger partial charge in [-0.1, -0.05) is 23.8 Å². The standard InChI is InChI=1S/C11H12ClFN2O/c1-2-3-4-5-14-11(16)9-6-8(13)7-15-10(9)12/h2-3,6-7H,4-5H2,1H3,(H,14,16)/b3-2+. The van der Waals surface area contributed by atoms with Crippen LogP contribution in [-0.2, 0) is 0 Å². The van der Waals surface area contributed by atoms with Crippen LogP contribution in [0.25, 0.3) is 0 Å². The first-order valence-electron chi connectivity index (χ1n) is 4.85. The molecule has 16 heavy (non-hydrogen) atoms. The van der Waals surface area contributed by atoms with Gasteiger partial charge in [0, 0.05) is 6.54 Å². The summed E-state index contributed by atoms with van der Waals surface area (Å²) >= 11 is 5.68. The van der Waals surface area contributed by atoms with E-state index in [4.69, 9.17) is 11.6 Å². The highest BCUT2D eigenvalue weighted by Crippen LogP contribution is 2.13. The maximum atomic E-state index is 12.8. The van der Waals surface area contributed by atoms with Crippen molar-refractivity contribution in [3.8, 4) is 0 Å². The minimum atomic E-state index is -0.581. The highest BCUT2D eigenvalue weighted by atomic mass is 35.5. The minimum Gasteiger partial charge on any atom is -0.352 e. The van der Waals surface area contributed by atoms with E-state index < -0.39 is 11.7 Å². The molecule has 0 aliphatic carbocycles. The first-order valence-corrected chi connectivity index (χ1v) is 5.23. The van der Waals surface area contributed by atoms with Crippen molar-refractivity contribution < 1.29 is 9.18 Å². The van der Waals surface area contributed by atoms with Crippen LogP contribution >= 0.6 is 11.6 Å². The highest BCUT2D eigenvalue weighted by Gasteiger charge is 2.11. The fourth-order valence-electron chi connectivity index (χ4n) is 1.11. The molecule has 1 aromatic rings. The molecule has 0 saturated heterocycles. The summed E-state index contributed by atoms with van der Waals surface area (Å²) in [6.45, 7) is 2.38. The van der Waals surface area contributed by atoms with Crippen molar-refractivity contribution in [3.05, 3.63) is 40.9 Å². The molecule has 0 aliphatic rings. The van der Waals surface area contributed by atoms with Crippen LogP contribution in [0.5, 0.6) is 0 Å². The molecule has 0 fully saturated rings. The lowest BCUT2D eigenvalue weighted by Crippen LogP contribution is -2.24. The third-order valence-electron chi connectivity index (χ3n) is 1.88. The number of allylic oxidation sites excluding steroid dienone is 1. The number of carbonyl (C=O) groups excluding carboxylic acids is 1. The maximum Gasteiger partial charge on any atom is 0.254 e. The Morgan fingerprint density at radius 3 is 3.12 bits per heavy atom. The first-order chi connectivity index (χ1) is 7.65. The molecular formula is C11H12ClFN2O. The van der Waals surface area contributed by atoms with Crippen molar-refractivity contribution >= 4 is 17.5 Å². The summed E-state index contributed by atoms with van der Waals surface area (Å²) in [6, 6.07) is 1.07. The van der Waals surface area contributed by atoms with Crippen LogP contribution in [0.1, 0.15) is 23.7 Å². The molecule has 0 spiro atoms. The fraction of sp³-hybridized carbons (Fsp3) is 0.273. The highest BCUT2D eigenvalue weighted by molar-refractivity contribution is 6.32. The summed E-state index contributed by atoms with van der Waals surface area (Å²) in [4.78, 5) is 15.1. The van der Waals surface area contributed by atoms with Gasteiger partial charge in [-0.15, -0.1) is 0 Å². The Labute approximate surface area is 98.3 Å². The molecule has 86 valence electrons. The molecule has 0 saturated carbocycles. The van der Waals surface area contributed by atoms with Crippen LogP contribution in [0.2, 0.25) is 5.15 Å². The predicted molar refractivity (Wildman–Crippen MR) is 61.0 cm³/mol. The molecule has 0 bridgehead atoms. The third-order valence-corrected chi connectivity index (χ3v) is 2.18. The molecule has 1 heterocycles. The summed E-state index contributed by atoms with van der Waals surface area (Å²) in [7, 11) is 0. The van der Waals surface area contributed by atoms with Gasteiger partial charge in [0.15, 0.2) is 0 Å². The van der Waals surface area contributed by atoms with E-state index in [1.807, 2.05) is 19.1 Å². The molecule has 5 heteroatoms. The van der Waals surface area contributed by atoms with Crippen molar-refractivity contribution in [2.24, 2.45) is 0 Å². The molecule has 0 aromatic carbocycles. The van der Waals surface area contributed by atoms with Gasteiger partial charge >= 0.3 is 0 Å². The van der Waals surface area contributed by atoms with Gasteiger partial charge in [0.25, 0.3) is 5.91 Å². The molecule has 0 unspecified atom stereocenters. The van der Waals surface area contributed by atoms with Crippen LogP contribution < -0.4 is 5.32 Å². The average Bonchev–Trinajstić information content (AvgIpc) is 2.27. The second kappa shape index (κ2) is 6.23. The number of pyridine rings is 1. The van der Waals surface area contributed by atoms with Gasteiger partial charge in [-0.05, 0) is 19.4 Å². The van der Waals surface area contributed by atoms with Crippen LogP contribution in [0.3, 0.4) is 0 Å². The van der Waals surface area contributed by atoms with E-state index in [2.05, 4.69) is 10.3 Å². The molecule has 0 radical (unpaired) electrons. The number of hydrogen-bond donors (Lipinski definition) is 1. The van der Waals surface area contributed by atoms with E-state index in [1.54, 1.807) is 0 Å². The molecule has 1 rings (SSSR count). The molecule has 1 aromatic heterocycles. The lowest BCUT2D eigenvalue weighted by molar-refractivity contribution is 0.0953. The van der Waals surface area contributed by atoms with Gasteiger partial charge in [-0.2, -0.15) is 0 Å². The fourth-order valence-corrected chi connectivity index (χ4v) is 1.30. The van der Waals surface area contributed by atoms with Gasteiger partial charge in [0.05, 0.1) is 11.8 Å². The smallest absolute Gasteiger partial charge is 0.254 e. The van der Waals surface area contributed by atoms with Crippen LogP contribution in [0, 0.1) is 5.82 Å². The quantitative estimate of drug-likeness (QED) is 0.501. The Morgan fingerprint density at radius 1 is 1.69 bits per heavy atom. The molecule has 1 N–H and O–H groups in total. The van der Waals surface area contributed by atoms with Crippen LogP contribution in [0.15, 0.2) is 24.4 Å². The minimum absolute atomic E-state index is 0.00457. The van der Waals surface area contributed by atoms with Gasteiger partial charge in [-0.25, -0.2) is 9.37 Å². The average molecular weight is 243 g/mol. The van der Waals surface area contributed by atoms with Crippen LogP contribution in [-0.4, -0.2) is 17.4 Å². The second-order valence-corrected chi connectivity index (χ2v) is 3.46. The van der Waals surface area contributed by atoms with Crippen molar-refractivity contribution in [1.82, 2.24) is 10.3 Å². The summed E-state index contributed by atoms with van der Waals surface area (Å²) in [5.41, 5.74) is 0.0575. The number of halogens is 2. The molecule has 0 atom stereocenters. The number of nitrogens with zero attached hydrogens (tertiary/aromatic N) is 1. The molecular weight excluding hydrogens is 231 g/mol. The number of carbonyl (C=O) groups is 1. The van der Waals surface area contributed by atoms with Crippen molar-refractivity contribution in [2.75, 3.05) is 6.54 Å². The zero-order valence-electron chi connectivity index (χ0n) is 8.84. The van der Waals surface area contributed by atoms with Crippen molar-refractivity contribution in [1.29, 1.82) is 0 Å². The predicted octanol–water partition coefficient (Wildman–Crippen LogP) is 2.57.